The van der Waals surface area contributed by atoms with E-state index in [0.29, 0.717) is 0 Å². The molecule has 0 aliphatic heterocycles. The summed E-state index contributed by atoms with van der Waals surface area (Å²) in [7, 11) is 0. The van der Waals surface area contributed by atoms with Crippen molar-refractivity contribution in [3.63, 3.8) is 0 Å². The molecule has 0 radical (unpaired) electrons. The molecule has 0 bridgehead atoms. The Labute approximate surface area is 105 Å². The van der Waals surface area contributed by atoms with Gasteiger partial charge in [-0.05, 0) is 55.5 Å². The van der Waals surface area contributed by atoms with Crippen LogP contribution in [0.15, 0.2) is 23.0 Å². The number of esters is 1. The molecule has 0 fully saturated rings. The summed E-state index contributed by atoms with van der Waals surface area (Å²) in [6, 6.07) is 5.43. The van der Waals surface area contributed by atoms with Crippen LogP contribution < -0.4 is 5.56 Å². The molecule has 0 spiro atoms. The van der Waals surface area contributed by atoms with Crippen LogP contribution in [0.3, 0.4) is 0 Å². The molecule has 4 heteroatoms. The molecule has 0 amide bonds. The molecular formula is C14H15NO3. The summed E-state index contributed by atoms with van der Waals surface area (Å²) in [5.41, 5.74) is 2.58. The van der Waals surface area contributed by atoms with Gasteiger partial charge in [0.15, 0.2) is 0 Å². The van der Waals surface area contributed by atoms with Crippen molar-refractivity contribution in [1.82, 2.24) is 4.98 Å². The van der Waals surface area contributed by atoms with Gasteiger partial charge in [-0.2, -0.15) is 0 Å². The molecule has 94 valence electrons. The molecule has 4 nitrogen and oxygen atoms in total. The van der Waals surface area contributed by atoms with Gasteiger partial charge < -0.3 is 9.72 Å². The van der Waals surface area contributed by atoms with Crippen molar-refractivity contribution in [2.24, 2.45) is 0 Å². The normalized spacial score (nSPS) is 10.6. The lowest BCUT2D eigenvalue weighted by Gasteiger charge is -2.06. The minimum Gasteiger partial charge on any atom is -0.462 e. The highest BCUT2D eigenvalue weighted by Crippen LogP contribution is 2.17. The summed E-state index contributed by atoms with van der Waals surface area (Å²) >= 11 is 0. The molecule has 18 heavy (non-hydrogen) atoms. The van der Waals surface area contributed by atoms with Gasteiger partial charge in [0.25, 0.3) is 5.56 Å². The molecule has 2 rings (SSSR count). The van der Waals surface area contributed by atoms with E-state index in [2.05, 4.69) is 4.98 Å². The zero-order valence-electron chi connectivity index (χ0n) is 10.7. The standard InChI is InChI=1S/C14H15NO3/c1-4-18-14(17)11-7-10-5-8(2)9(3)6-12(10)15-13(11)16/h5-7H,4H2,1-3H3,(H,15,16). The lowest BCUT2D eigenvalue weighted by molar-refractivity contribution is 0.0524. The molecule has 1 heterocycles. The predicted octanol–water partition coefficient (Wildman–Crippen LogP) is 2.32. The average molecular weight is 245 g/mol. The van der Waals surface area contributed by atoms with E-state index < -0.39 is 11.5 Å². The first-order valence-electron chi connectivity index (χ1n) is 5.84. The van der Waals surface area contributed by atoms with E-state index in [1.165, 1.54) is 0 Å². The average Bonchev–Trinajstić information content (AvgIpc) is 2.31. The zero-order valence-corrected chi connectivity index (χ0v) is 10.7. The second-order valence-corrected chi connectivity index (χ2v) is 4.26. The Morgan fingerprint density at radius 1 is 1.22 bits per heavy atom. The monoisotopic (exact) mass is 245 g/mol. The number of H-pyrrole nitrogens is 1. The molecule has 0 saturated carbocycles. The van der Waals surface area contributed by atoms with Gasteiger partial charge in [-0.25, -0.2) is 4.79 Å². The summed E-state index contributed by atoms with van der Waals surface area (Å²) < 4.78 is 4.85. The highest BCUT2D eigenvalue weighted by molar-refractivity contribution is 5.93. The fraction of sp³-hybridized carbons (Fsp3) is 0.286. The largest absolute Gasteiger partial charge is 0.462 e. The van der Waals surface area contributed by atoms with Crippen molar-refractivity contribution in [2.75, 3.05) is 6.61 Å². The maximum Gasteiger partial charge on any atom is 0.343 e. The van der Waals surface area contributed by atoms with Gasteiger partial charge in [-0.1, -0.05) is 0 Å². The second-order valence-electron chi connectivity index (χ2n) is 4.26. The van der Waals surface area contributed by atoms with Crippen molar-refractivity contribution in [3.05, 3.63) is 45.2 Å². The van der Waals surface area contributed by atoms with Crippen molar-refractivity contribution in [3.8, 4) is 0 Å². The minimum atomic E-state index is -0.584. The van der Waals surface area contributed by atoms with Gasteiger partial charge in [-0.3, -0.25) is 4.79 Å². The second kappa shape index (κ2) is 4.64. The van der Waals surface area contributed by atoms with Crippen LogP contribution in [0, 0.1) is 13.8 Å². The molecular weight excluding hydrogens is 230 g/mol. The fourth-order valence-electron chi connectivity index (χ4n) is 1.84. The van der Waals surface area contributed by atoms with E-state index in [-0.39, 0.29) is 12.2 Å². The lowest BCUT2D eigenvalue weighted by Crippen LogP contribution is -2.19. The molecule has 0 atom stereocenters. The Morgan fingerprint density at radius 3 is 2.56 bits per heavy atom. The third kappa shape index (κ3) is 2.14. The summed E-state index contributed by atoms with van der Waals surface area (Å²) in [6.07, 6.45) is 0. The number of aromatic nitrogens is 1. The number of aromatic amines is 1. The first-order chi connectivity index (χ1) is 8.52. The number of nitrogens with one attached hydrogen (secondary N) is 1. The smallest absolute Gasteiger partial charge is 0.343 e. The number of pyridine rings is 1. The predicted molar refractivity (Wildman–Crippen MR) is 70.0 cm³/mol. The molecule has 0 saturated heterocycles. The molecule has 0 aliphatic carbocycles. The maximum atomic E-state index is 11.8. The molecule has 0 unspecified atom stereocenters. The van der Waals surface area contributed by atoms with E-state index in [9.17, 15) is 9.59 Å². The van der Waals surface area contributed by atoms with Crippen LogP contribution in [0.1, 0.15) is 28.4 Å². The van der Waals surface area contributed by atoms with E-state index in [1.54, 1.807) is 13.0 Å². The zero-order chi connectivity index (χ0) is 13.3. The topological polar surface area (TPSA) is 59.2 Å². The first kappa shape index (κ1) is 12.4. The summed E-state index contributed by atoms with van der Waals surface area (Å²) in [4.78, 5) is 26.1. The third-order valence-electron chi connectivity index (χ3n) is 2.95. The van der Waals surface area contributed by atoms with Crippen LogP contribution in [0.25, 0.3) is 10.9 Å². The van der Waals surface area contributed by atoms with Crippen LogP contribution in [-0.4, -0.2) is 17.6 Å². The van der Waals surface area contributed by atoms with Crippen LogP contribution in [-0.2, 0) is 4.74 Å². The van der Waals surface area contributed by atoms with E-state index in [0.717, 1.165) is 22.0 Å². The Kier molecular flexibility index (Phi) is 3.19. The van der Waals surface area contributed by atoms with Crippen molar-refractivity contribution in [1.29, 1.82) is 0 Å². The van der Waals surface area contributed by atoms with Crippen molar-refractivity contribution in [2.45, 2.75) is 20.8 Å². The number of hydrogen-bond donors (Lipinski definition) is 1. The van der Waals surface area contributed by atoms with Gasteiger partial charge in [0, 0.05) is 5.52 Å². The number of hydrogen-bond acceptors (Lipinski definition) is 3. The number of carbonyl (C=O) groups is 1. The first-order valence-corrected chi connectivity index (χ1v) is 5.84. The third-order valence-corrected chi connectivity index (χ3v) is 2.95. The quantitative estimate of drug-likeness (QED) is 0.826. The SMILES string of the molecule is CCOC(=O)c1cc2cc(C)c(C)cc2[nH]c1=O. The van der Waals surface area contributed by atoms with Gasteiger partial charge in [0.05, 0.1) is 6.61 Å². The number of aryl methyl sites for hydroxylation is 2. The molecule has 1 aromatic carbocycles. The Morgan fingerprint density at radius 2 is 1.89 bits per heavy atom. The number of fused-ring (bicyclic) bond motifs is 1. The van der Waals surface area contributed by atoms with E-state index >= 15 is 0 Å². The number of benzene rings is 1. The Bertz CT molecular complexity index is 671. The molecule has 0 aliphatic rings. The van der Waals surface area contributed by atoms with Gasteiger partial charge >= 0.3 is 5.97 Å². The Hall–Kier alpha value is -2.10. The van der Waals surface area contributed by atoms with Gasteiger partial charge in [-0.15, -0.1) is 0 Å². The molecule has 1 aromatic heterocycles. The number of carbonyl (C=O) groups excluding carboxylic acids is 1. The summed E-state index contributed by atoms with van der Waals surface area (Å²) in [5.74, 6) is -0.584. The Balaban J connectivity index is 2.65. The fourth-order valence-corrected chi connectivity index (χ4v) is 1.84. The highest BCUT2D eigenvalue weighted by atomic mass is 16.5. The van der Waals surface area contributed by atoms with Crippen LogP contribution >= 0.6 is 0 Å². The summed E-state index contributed by atoms with van der Waals surface area (Å²) in [5, 5.41) is 0.834. The van der Waals surface area contributed by atoms with Crippen LogP contribution in [0.2, 0.25) is 0 Å². The van der Waals surface area contributed by atoms with Gasteiger partial charge in [0.1, 0.15) is 5.56 Å². The maximum absolute atomic E-state index is 11.8. The van der Waals surface area contributed by atoms with Gasteiger partial charge in [0.2, 0.25) is 0 Å². The molecule has 2 aromatic rings. The van der Waals surface area contributed by atoms with E-state index in [1.807, 2.05) is 26.0 Å². The van der Waals surface area contributed by atoms with Crippen LogP contribution in [0.4, 0.5) is 0 Å². The lowest BCUT2D eigenvalue weighted by atomic mass is 10.1. The highest BCUT2D eigenvalue weighted by Gasteiger charge is 2.13. The minimum absolute atomic E-state index is 0.0487. The van der Waals surface area contributed by atoms with E-state index in [4.69, 9.17) is 4.74 Å². The van der Waals surface area contributed by atoms with Crippen molar-refractivity contribution < 1.29 is 9.53 Å². The number of ether oxygens (including phenoxy) is 1. The summed E-state index contributed by atoms with van der Waals surface area (Å²) in [6.45, 7) is 5.93. The van der Waals surface area contributed by atoms with Crippen LogP contribution in [0.5, 0.6) is 0 Å². The van der Waals surface area contributed by atoms with Crippen molar-refractivity contribution >= 4 is 16.9 Å². The number of rotatable bonds is 2. The molecule has 1 N–H and O–H groups in total.